The van der Waals surface area contributed by atoms with Crippen molar-refractivity contribution in [3.63, 3.8) is 0 Å². The summed E-state index contributed by atoms with van der Waals surface area (Å²) in [4.78, 5) is 7.78. The van der Waals surface area contributed by atoms with E-state index in [0.717, 1.165) is 12.1 Å². The molecule has 9 heteroatoms. The SMILES string of the molecule is Cc1ncnn1CC(O)(Cn1cncn1)c1ccc(F)cc1F. The normalized spacial score (nSPS) is 13.9. The van der Waals surface area contributed by atoms with Crippen molar-refractivity contribution < 1.29 is 13.9 Å². The van der Waals surface area contributed by atoms with Gasteiger partial charge in [-0.1, -0.05) is 6.07 Å². The summed E-state index contributed by atoms with van der Waals surface area (Å²) in [5.41, 5.74) is -1.76. The fraction of sp³-hybridized carbons (Fsp3) is 0.286. The van der Waals surface area contributed by atoms with Gasteiger partial charge in [0.1, 0.15) is 42.0 Å². The van der Waals surface area contributed by atoms with E-state index < -0.39 is 17.2 Å². The standard InChI is InChI=1S/C14H14F2N6O/c1-10-18-8-20-22(10)6-14(23,5-21-9-17-7-19-21)12-3-2-11(15)4-13(12)16/h2-4,7-9,23H,5-6H2,1H3. The molecule has 0 saturated heterocycles. The zero-order chi connectivity index (χ0) is 16.4. The predicted molar refractivity (Wildman–Crippen MR) is 75.0 cm³/mol. The first kappa shape index (κ1) is 15.2. The minimum absolute atomic E-state index is 0.0516. The van der Waals surface area contributed by atoms with Crippen LogP contribution in [-0.2, 0) is 18.7 Å². The molecule has 3 rings (SSSR count). The third-order valence-electron chi connectivity index (χ3n) is 3.54. The van der Waals surface area contributed by atoms with E-state index in [0.29, 0.717) is 5.82 Å². The van der Waals surface area contributed by atoms with E-state index in [2.05, 4.69) is 20.2 Å². The second-order valence-corrected chi connectivity index (χ2v) is 5.21. The Morgan fingerprint density at radius 1 is 1.17 bits per heavy atom. The van der Waals surface area contributed by atoms with Crippen molar-refractivity contribution in [1.29, 1.82) is 0 Å². The van der Waals surface area contributed by atoms with Crippen molar-refractivity contribution in [2.45, 2.75) is 25.6 Å². The first-order valence-electron chi connectivity index (χ1n) is 6.83. The Morgan fingerprint density at radius 3 is 2.61 bits per heavy atom. The molecule has 1 aromatic carbocycles. The van der Waals surface area contributed by atoms with Crippen LogP contribution in [-0.4, -0.2) is 34.6 Å². The molecule has 0 amide bonds. The summed E-state index contributed by atoms with van der Waals surface area (Å²) in [7, 11) is 0. The molecule has 0 bridgehead atoms. The summed E-state index contributed by atoms with van der Waals surface area (Å²) >= 11 is 0. The largest absolute Gasteiger partial charge is 0.381 e. The Labute approximate surface area is 130 Å². The van der Waals surface area contributed by atoms with Crippen LogP contribution >= 0.6 is 0 Å². The van der Waals surface area contributed by atoms with Gasteiger partial charge in [-0.25, -0.2) is 28.1 Å². The second-order valence-electron chi connectivity index (χ2n) is 5.21. The molecule has 0 aliphatic heterocycles. The van der Waals surface area contributed by atoms with E-state index in [1.807, 2.05) is 0 Å². The van der Waals surface area contributed by atoms with Crippen LogP contribution in [0.2, 0.25) is 0 Å². The number of hydrogen-bond donors (Lipinski definition) is 1. The second kappa shape index (κ2) is 5.84. The Morgan fingerprint density at radius 2 is 2.00 bits per heavy atom. The van der Waals surface area contributed by atoms with Gasteiger partial charge in [0.25, 0.3) is 0 Å². The molecule has 2 heterocycles. The summed E-state index contributed by atoms with van der Waals surface area (Å²) in [6.07, 6.45) is 4.05. The molecule has 0 aliphatic carbocycles. The average Bonchev–Trinajstić information content (AvgIpc) is 3.11. The van der Waals surface area contributed by atoms with E-state index in [4.69, 9.17) is 0 Å². The number of halogens is 2. The molecule has 23 heavy (non-hydrogen) atoms. The maximum absolute atomic E-state index is 14.2. The first-order valence-corrected chi connectivity index (χ1v) is 6.83. The summed E-state index contributed by atoms with van der Waals surface area (Å²) in [6.45, 7) is 1.57. The molecule has 0 aliphatic rings. The molecule has 0 spiro atoms. The Balaban J connectivity index is 2.03. The topological polar surface area (TPSA) is 81.6 Å². The maximum atomic E-state index is 14.2. The van der Waals surface area contributed by atoms with Gasteiger partial charge in [-0.15, -0.1) is 0 Å². The average molecular weight is 320 g/mol. The Bertz CT molecular complexity index is 803. The van der Waals surface area contributed by atoms with Gasteiger partial charge in [-0.2, -0.15) is 10.2 Å². The zero-order valence-electron chi connectivity index (χ0n) is 12.3. The number of rotatable bonds is 5. The number of aromatic nitrogens is 6. The van der Waals surface area contributed by atoms with Crippen LogP contribution in [0.25, 0.3) is 0 Å². The van der Waals surface area contributed by atoms with Crippen LogP contribution in [0.1, 0.15) is 11.4 Å². The van der Waals surface area contributed by atoms with Crippen LogP contribution in [0.5, 0.6) is 0 Å². The van der Waals surface area contributed by atoms with Crippen LogP contribution in [0, 0.1) is 18.6 Å². The van der Waals surface area contributed by atoms with Gasteiger partial charge in [-0.3, -0.25) is 0 Å². The maximum Gasteiger partial charge on any atom is 0.138 e. The highest BCUT2D eigenvalue weighted by Gasteiger charge is 2.35. The van der Waals surface area contributed by atoms with Gasteiger partial charge in [0, 0.05) is 11.6 Å². The molecule has 7 nitrogen and oxygen atoms in total. The number of aryl methyl sites for hydroxylation is 1. The third-order valence-corrected chi connectivity index (χ3v) is 3.54. The van der Waals surface area contributed by atoms with Crippen molar-refractivity contribution >= 4 is 0 Å². The smallest absolute Gasteiger partial charge is 0.138 e. The van der Waals surface area contributed by atoms with Crippen LogP contribution < -0.4 is 0 Å². The fourth-order valence-corrected chi connectivity index (χ4v) is 2.39. The molecule has 1 unspecified atom stereocenters. The molecule has 1 atom stereocenters. The lowest BCUT2D eigenvalue weighted by Gasteiger charge is -2.29. The molecule has 0 radical (unpaired) electrons. The van der Waals surface area contributed by atoms with Gasteiger partial charge in [0.15, 0.2) is 0 Å². The molecule has 1 N–H and O–H groups in total. The lowest BCUT2D eigenvalue weighted by molar-refractivity contribution is -0.00910. The van der Waals surface area contributed by atoms with E-state index in [1.54, 1.807) is 6.92 Å². The van der Waals surface area contributed by atoms with Gasteiger partial charge in [0.2, 0.25) is 0 Å². The number of aliphatic hydroxyl groups is 1. The van der Waals surface area contributed by atoms with Gasteiger partial charge in [-0.05, 0) is 13.0 Å². The summed E-state index contributed by atoms with van der Waals surface area (Å²) in [5, 5.41) is 19.0. The van der Waals surface area contributed by atoms with E-state index in [-0.39, 0.29) is 18.7 Å². The minimum Gasteiger partial charge on any atom is -0.381 e. The highest BCUT2D eigenvalue weighted by molar-refractivity contribution is 5.25. The van der Waals surface area contributed by atoms with Crippen LogP contribution in [0.3, 0.4) is 0 Å². The van der Waals surface area contributed by atoms with Crippen molar-refractivity contribution in [2.75, 3.05) is 0 Å². The quantitative estimate of drug-likeness (QED) is 0.760. The molecule has 120 valence electrons. The van der Waals surface area contributed by atoms with Crippen LogP contribution in [0.15, 0.2) is 37.2 Å². The highest BCUT2D eigenvalue weighted by atomic mass is 19.1. The highest BCUT2D eigenvalue weighted by Crippen LogP contribution is 2.28. The van der Waals surface area contributed by atoms with Gasteiger partial charge < -0.3 is 5.11 Å². The third kappa shape index (κ3) is 3.09. The van der Waals surface area contributed by atoms with Crippen LogP contribution in [0.4, 0.5) is 8.78 Å². The molecular formula is C14H14F2N6O. The molecule has 0 fully saturated rings. The predicted octanol–water partition coefficient (Wildman–Crippen LogP) is 1.04. The Kier molecular flexibility index (Phi) is 3.87. The number of nitrogens with zero attached hydrogens (tertiary/aromatic N) is 6. The monoisotopic (exact) mass is 320 g/mol. The summed E-state index contributed by atoms with van der Waals surface area (Å²) < 4.78 is 30.2. The number of benzene rings is 1. The molecule has 2 aromatic heterocycles. The van der Waals surface area contributed by atoms with Crippen molar-refractivity contribution in [3.8, 4) is 0 Å². The zero-order valence-corrected chi connectivity index (χ0v) is 12.3. The minimum atomic E-state index is -1.70. The summed E-state index contributed by atoms with van der Waals surface area (Å²) in [5.74, 6) is -0.999. The van der Waals surface area contributed by atoms with Crippen molar-refractivity contribution in [3.05, 3.63) is 60.2 Å². The Hall–Kier alpha value is -2.68. The summed E-state index contributed by atoms with van der Waals surface area (Å²) in [6, 6.07) is 3.04. The number of hydrogen-bond acceptors (Lipinski definition) is 5. The van der Waals surface area contributed by atoms with E-state index in [9.17, 15) is 13.9 Å². The van der Waals surface area contributed by atoms with Crippen molar-refractivity contribution in [2.24, 2.45) is 0 Å². The van der Waals surface area contributed by atoms with Crippen molar-refractivity contribution in [1.82, 2.24) is 29.5 Å². The molecule has 3 aromatic rings. The van der Waals surface area contributed by atoms with Gasteiger partial charge >= 0.3 is 0 Å². The molecule has 0 saturated carbocycles. The lowest BCUT2D eigenvalue weighted by Crippen LogP contribution is -2.38. The fourth-order valence-electron chi connectivity index (χ4n) is 2.39. The van der Waals surface area contributed by atoms with E-state index in [1.165, 1.54) is 34.4 Å². The van der Waals surface area contributed by atoms with Gasteiger partial charge in [0.05, 0.1) is 13.1 Å². The molecular weight excluding hydrogens is 306 g/mol. The first-order chi connectivity index (χ1) is 11.0. The van der Waals surface area contributed by atoms with E-state index >= 15 is 0 Å². The lowest BCUT2D eigenvalue weighted by atomic mass is 9.93.